The molecule has 2 unspecified atom stereocenters. The van der Waals surface area contributed by atoms with Gasteiger partial charge in [0.05, 0.1) is 0 Å². The highest BCUT2D eigenvalue weighted by atomic mass is 16.2. The molecule has 0 aromatic carbocycles. The van der Waals surface area contributed by atoms with E-state index in [1.165, 1.54) is 6.42 Å². The predicted octanol–water partition coefficient (Wildman–Crippen LogP) is 0.710. The standard InChI is InChI=1S/C11H20N2O/c1-13(2)11(14)10-4-8-3-9(5-10)7-12-6-8/h8-10,12H,3-7H2,1-2H3. The Balaban J connectivity index is 1.98. The van der Waals surface area contributed by atoms with Gasteiger partial charge in [-0.1, -0.05) is 0 Å². The van der Waals surface area contributed by atoms with Crippen molar-refractivity contribution in [3.05, 3.63) is 0 Å². The van der Waals surface area contributed by atoms with Crippen LogP contribution in [0.5, 0.6) is 0 Å². The topological polar surface area (TPSA) is 32.3 Å². The van der Waals surface area contributed by atoms with Crippen LogP contribution in [0.3, 0.4) is 0 Å². The van der Waals surface area contributed by atoms with Gasteiger partial charge in [-0.3, -0.25) is 4.79 Å². The highest BCUT2D eigenvalue weighted by Crippen LogP contribution is 2.35. The SMILES string of the molecule is CN(C)C(=O)C1CC2CNCC(C2)C1. The highest BCUT2D eigenvalue weighted by Gasteiger charge is 2.35. The third-order valence-corrected chi connectivity index (χ3v) is 3.56. The van der Waals surface area contributed by atoms with Crippen LogP contribution in [0.25, 0.3) is 0 Å². The molecule has 1 saturated carbocycles. The van der Waals surface area contributed by atoms with Crippen LogP contribution >= 0.6 is 0 Å². The summed E-state index contributed by atoms with van der Waals surface area (Å²) >= 11 is 0. The first kappa shape index (κ1) is 9.97. The maximum atomic E-state index is 11.8. The number of amides is 1. The van der Waals surface area contributed by atoms with Crippen LogP contribution in [0, 0.1) is 17.8 Å². The highest BCUT2D eigenvalue weighted by molar-refractivity contribution is 5.78. The van der Waals surface area contributed by atoms with Gasteiger partial charge in [0.1, 0.15) is 0 Å². The van der Waals surface area contributed by atoms with E-state index >= 15 is 0 Å². The summed E-state index contributed by atoms with van der Waals surface area (Å²) in [6, 6.07) is 0. The summed E-state index contributed by atoms with van der Waals surface area (Å²) in [6.45, 7) is 2.24. The zero-order valence-corrected chi connectivity index (χ0v) is 9.12. The molecule has 0 radical (unpaired) electrons. The van der Waals surface area contributed by atoms with Gasteiger partial charge < -0.3 is 10.2 Å². The third-order valence-electron chi connectivity index (χ3n) is 3.56. The molecule has 80 valence electrons. The fourth-order valence-electron chi connectivity index (χ4n) is 2.96. The lowest BCUT2D eigenvalue weighted by atomic mass is 9.72. The van der Waals surface area contributed by atoms with E-state index in [9.17, 15) is 4.79 Å². The predicted molar refractivity (Wildman–Crippen MR) is 55.9 cm³/mol. The van der Waals surface area contributed by atoms with E-state index in [1.807, 2.05) is 14.1 Å². The molecule has 2 rings (SSSR count). The summed E-state index contributed by atoms with van der Waals surface area (Å²) in [5, 5.41) is 3.45. The third kappa shape index (κ3) is 1.92. The van der Waals surface area contributed by atoms with Crippen LogP contribution in [-0.2, 0) is 4.79 Å². The molecular weight excluding hydrogens is 176 g/mol. The molecule has 14 heavy (non-hydrogen) atoms. The van der Waals surface area contributed by atoms with Crippen molar-refractivity contribution in [3.8, 4) is 0 Å². The number of hydrogen-bond acceptors (Lipinski definition) is 2. The van der Waals surface area contributed by atoms with Crippen molar-refractivity contribution in [1.82, 2.24) is 10.2 Å². The van der Waals surface area contributed by atoms with Gasteiger partial charge in [0.25, 0.3) is 0 Å². The maximum absolute atomic E-state index is 11.8. The molecule has 1 aliphatic heterocycles. The molecule has 1 amide bonds. The van der Waals surface area contributed by atoms with E-state index < -0.39 is 0 Å². The van der Waals surface area contributed by atoms with Crippen LogP contribution in [0.2, 0.25) is 0 Å². The molecule has 1 aliphatic carbocycles. The number of nitrogens with one attached hydrogen (secondary N) is 1. The lowest BCUT2D eigenvalue weighted by molar-refractivity contribution is -0.135. The largest absolute Gasteiger partial charge is 0.349 e. The molecule has 3 heteroatoms. The number of nitrogens with zero attached hydrogens (tertiary/aromatic N) is 1. The summed E-state index contributed by atoms with van der Waals surface area (Å²) in [5.41, 5.74) is 0. The Labute approximate surface area is 85.8 Å². The summed E-state index contributed by atoms with van der Waals surface area (Å²) < 4.78 is 0. The van der Waals surface area contributed by atoms with Crippen molar-refractivity contribution in [3.63, 3.8) is 0 Å². The monoisotopic (exact) mass is 196 g/mol. The molecule has 0 spiro atoms. The molecule has 2 aliphatic rings. The normalized spacial score (nSPS) is 36.6. The van der Waals surface area contributed by atoms with Crippen LogP contribution in [0.4, 0.5) is 0 Å². The number of piperidine rings is 1. The van der Waals surface area contributed by atoms with Gasteiger partial charge in [-0.2, -0.15) is 0 Å². The molecular formula is C11H20N2O. The Bertz CT molecular complexity index is 215. The van der Waals surface area contributed by atoms with Crippen LogP contribution in [-0.4, -0.2) is 38.0 Å². The fraction of sp³-hybridized carbons (Fsp3) is 0.909. The zero-order valence-electron chi connectivity index (χ0n) is 9.12. The Morgan fingerprint density at radius 1 is 1.14 bits per heavy atom. The minimum Gasteiger partial charge on any atom is -0.349 e. The van der Waals surface area contributed by atoms with Gasteiger partial charge in [-0.05, 0) is 44.2 Å². The first-order valence-corrected chi connectivity index (χ1v) is 5.58. The Morgan fingerprint density at radius 2 is 1.71 bits per heavy atom. The van der Waals surface area contributed by atoms with E-state index in [0.717, 1.165) is 37.8 Å². The number of carbonyl (C=O) groups is 1. The van der Waals surface area contributed by atoms with E-state index in [-0.39, 0.29) is 0 Å². The lowest BCUT2D eigenvalue weighted by Gasteiger charge is -2.39. The first-order valence-electron chi connectivity index (χ1n) is 5.58. The van der Waals surface area contributed by atoms with Crippen molar-refractivity contribution in [1.29, 1.82) is 0 Å². The van der Waals surface area contributed by atoms with E-state index in [1.54, 1.807) is 4.90 Å². The van der Waals surface area contributed by atoms with Crippen molar-refractivity contribution < 1.29 is 4.79 Å². The molecule has 1 saturated heterocycles. The number of fused-ring (bicyclic) bond motifs is 2. The minimum absolute atomic E-state index is 0.302. The van der Waals surface area contributed by atoms with Crippen LogP contribution in [0.1, 0.15) is 19.3 Å². The van der Waals surface area contributed by atoms with Crippen molar-refractivity contribution >= 4 is 5.91 Å². The van der Waals surface area contributed by atoms with Crippen molar-refractivity contribution in [2.24, 2.45) is 17.8 Å². The summed E-state index contributed by atoms with van der Waals surface area (Å²) in [4.78, 5) is 13.6. The first-order chi connectivity index (χ1) is 6.66. The van der Waals surface area contributed by atoms with Crippen molar-refractivity contribution in [2.75, 3.05) is 27.2 Å². The van der Waals surface area contributed by atoms with Crippen LogP contribution < -0.4 is 5.32 Å². The maximum Gasteiger partial charge on any atom is 0.225 e. The molecule has 1 heterocycles. The molecule has 2 atom stereocenters. The fourth-order valence-corrected chi connectivity index (χ4v) is 2.96. The summed E-state index contributed by atoms with van der Waals surface area (Å²) in [7, 11) is 3.73. The van der Waals surface area contributed by atoms with E-state index in [0.29, 0.717) is 11.8 Å². The number of rotatable bonds is 1. The summed E-state index contributed by atoms with van der Waals surface area (Å²) in [6.07, 6.45) is 3.53. The average molecular weight is 196 g/mol. The summed E-state index contributed by atoms with van der Waals surface area (Å²) in [5.74, 6) is 2.13. The van der Waals surface area contributed by atoms with Crippen molar-refractivity contribution in [2.45, 2.75) is 19.3 Å². The van der Waals surface area contributed by atoms with Crippen LogP contribution in [0.15, 0.2) is 0 Å². The number of carbonyl (C=O) groups excluding carboxylic acids is 1. The Kier molecular flexibility index (Phi) is 2.77. The van der Waals surface area contributed by atoms with Gasteiger partial charge in [0.2, 0.25) is 5.91 Å². The van der Waals surface area contributed by atoms with Gasteiger partial charge in [0, 0.05) is 20.0 Å². The van der Waals surface area contributed by atoms with Gasteiger partial charge in [-0.15, -0.1) is 0 Å². The molecule has 2 fully saturated rings. The van der Waals surface area contributed by atoms with Gasteiger partial charge >= 0.3 is 0 Å². The zero-order chi connectivity index (χ0) is 10.1. The Hall–Kier alpha value is -0.570. The number of hydrogen-bond donors (Lipinski definition) is 1. The second kappa shape index (κ2) is 3.89. The Morgan fingerprint density at radius 3 is 2.21 bits per heavy atom. The second-order valence-electron chi connectivity index (χ2n) is 5.03. The van der Waals surface area contributed by atoms with E-state index in [2.05, 4.69) is 5.32 Å². The molecule has 3 nitrogen and oxygen atoms in total. The quantitative estimate of drug-likeness (QED) is 0.670. The molecule has 1 N–H and O–H groups in total. The van der Waals surface area contributed by atoms with Gasteiger partial charge in [-0.25, -0.2) is 0 Å². The smallest absolute Gasteiger partial charge is 0.225 e. The molecule has 0 aromatic rings. The van der Waals surface area contributed by atoms with E-state index in [4.69, 9.17) is 0 Å². The molecule has 2 bridgehead atoms. The second-order valence-corrected chi connectivity index (χ2v) is 5.03. The lowest BCUT2D eigenvalue weighted by Crippen LogP contribution is -2.45. The average Bonchev–Trinajstić information content (AvgIpc) is 2.15. The van der Waals surface area contributed by atoms with Gasteiger partial charge in [0.15, 0.2) is 0 Å². The minimum atomic E-state index is 0.302. The molecule has 0 aromatic heterocycles.